The highest BCUT2D eigenvalue weighted by Gasteiger charge is 2.23. The van der Waals surface area contributed by atoms with Gasteiger partial charge >= 0.3 is 0 Å². The number of aromatic nitrogens is 1. The number of ether oxygens (including phenoxy) is 1. The molecule has 4 heteroatoms. The molecule has 0 spiro atoms. The molecule has 0 amide bonds. The van der Waals surface area contributed by atoms with Gasteiger partial charge in [-0.15, -0.1) is 0 Å². The fraction of sp³-hybridized carbons (Fsp3) is 0.250. The first-order valence-corrected chi connectivity index (χ1v) is 6.73. The summed E-state index contributed by atoms with van der Waals surface area (Å²) in [6.07, 6.45) is 6.41. The quantitative estimate of drug-likeness (QED) is 0.797. The summed E-state index contributed by atoms with van der Waals surface area (Å²) in [7, 11) is 0. The van der Waals surface area contributed by atoms with Crippen LogP contribution in [0.5, 0.6) is 0 Å². The number of nitrogens with zero attached hydrogens (tertiary/aromatic N) is 1. The molecule has 1 aromatic heterocycles. The minimum absolute atomic E-state index is 0.144. The monoisotopic (exact) mass is 267 g/mol. The van der Waals surface area contributed by atoms with Crippen LogP contribution in [0, 0.1) is 0 Å². The van der Waals surface area contributed by atoms with Crippen molar-refractivity contribution >= 4 is 22.6 Å². The molecule has 0 fully saturated rings. The van der Waals surface area contributed by atoms with Crippen LogP contribution in [0.25, 0.3) is 16.8 Å². The normalized spacial score (nSPS) is 20.4. The van der Waals surface area contributed by atoms with Crippen molar-refractivity contribution < 1.29 is 14.6 Å². The Kier molecular flexibility index (Phi) is 2.41. The number of rotatable bonds is 0. The van der Waals surface area contributed by atoms with Crippen molar-refractivity contribution in [2.75, 3.05) is 0 Å². The van der Waals surface area contributed by atoms with E-state index in [1.54, 1.807) is 0 Å². The maximum Gasteiger partial charge on any atom is 0.223 e. The van der Waals surface area contributed by atoms with Crippen LogP contribution in [0.3, 0.4) is 0 Å². The zero-order valence-electron chi connectivity index (χ0n) is 10.8. The molecule has 0 bridgehead atoms. The van der Waals surface area contributed by atoms with Crippen molar-refractivity contribution in [1.29, 1.82) is 0 Å². The van der Waals surface area contributed by atoms with Gasteiger partial charge in [-0.3, -0.25) is 9.78 Å². The first kappa shape index (κ1) is 11.6. The number of aryl methyl sites for hydroxylation is 1. The topological polar surface area (TPSA) is 59.4 Å². The smallest absolute Gasteiger partial charge is 0.223 e. The fourth-order valence-electron chi connectivity index (χ4n) is 3.00. The molecule has 0 saturated heterocycles. The Labute approximate surface area is 115 Å². The summed E-state index contributed by atoms with van der Waals surface area (Å²) >= 11 is 0. The molecule has 100 valence electrons. The number of ketones is 1. The number of hydrogen-bond donors (Lipinski definition) is 1. The minimum atomic E-state index is -0.970. The van der Waals surface area contributed by atoms with Crippen molar-refractivity contribution in [3.8, 4) is 0 Å². The van der Waals surface area contributed by atoms with Crippen LogP contribution < -0.4 is 0 Å². The van der Waals surface area contributed by atoms with Crippen molar-refractivity contribution in [1.82, 2.24) is 4.98 Å². The Morgan fingerprint density at radius 1 is 1.30 bits per heavy atom. The highest BCUT2D eigenvalue weighted by molar-refractivity contribution is 6.10. The number of pyridine rings is 1. The summed E-state index contributed by atoms with van der Waals surface area (Å²) in [6.45, 7) is 0. The van der Waals surface area contributed by atoms with Gasteiger partial charge in [0.25, 0.3) is 0 Å². The number of hydrogen-bond acceptors (Lipinski definition) is 4. The molecule has 1 atom stereocenters. The van der Waals surface area contributed by atoms with Crippen LogP contribution in [0.2, 0.25) is 0 Å². The minimum Gasteiger partial charge on any atom is -0.468 e. The molecule has 2 heterocycles. The van der Waals surface area contributed by atoms with E-state index in [0.29, 0.717) is 12.0 Å². The molecule has 1 aliphatic carbocycles. The lowest BCUT2D eigenvalue weighted by atomic mass is 9.89. The summed E-state index contributed by atoms with van der Waals surface area (Å²) < 4.78 is 5.10. The van der Waals surface area contributed by atoms with Gasteiger partial charge in [0.15, 0.2) is 5.78 Å². The van der Waals surface area contributed by atoms with Gasteiger partial charge in [-0.1, -0.05) is 0 Å². The Morgan fingerprint density at radius 2 is 2.20 bits per heavy atom. The van der Waals surface area contributed by atoms with Crippen LogP contribution in [-0.2, 0) is 11.2 Å². The van der Waals surface area contributed by atoms with Gasteiger partial charge in [-0.05, 0) is 42.0 Å². The van der Waals surface area contributed by atoms with Crippen molar-refractivity contribution in [2.24, 2.45) is 0 Å². The van der Waals surface area contributed by atoms with Gasteiger partial charge in [0.05, 0.1) is 12.0 Å². The number of aliphatic hydroxyl groups is 1. The number of carbonyl (C=O) groups excluding carboxylic acids is 1. The van der Waals surface area contributed by atoms with Crippen LogP contribution >= 0.6 is 0 Å². The van der Waals surface area contributed by atoms with Gasteiger partial charge in [0.1, 0.15) is 0 Å². The largest absolute Gasteiger partial charge is 0.468 e. The standard InChI is InChI=1S/C16H13NO3/c18-14-3-1-2-13-15(14)11-7-12-9(4-5-20-16(12)19)6-10(11)8-17-13/h4-8,16,19H,1-3H2. The first-order chi connectivity index (χ1) is 9.74. The van der Waals surface area contributed by atoms with Gasteiger partial charge in [0.2, 0.25) is 6.29 Å². The summed E-state index contributed by atoms with van der Waals surface area (Å²) in [5, 5.41) is 11.7. The van der Waals surface area contributed by atoms with Crippen LogP contribution in [-0.4, -0.2) is 15.9 Å². The van der Waals surface area contributed by atoms with Crippen molar-refractivity contribution in [3.05, 3.63) is 47.0 Å². The summed E-state index contributed by atoms with van der Waals surface area (Å²) in [5.41, 5.74) is 3.20. The maximum atomic E-state index is 12.2. The van der Waals surface area contributed by atoms with E-state index in [1.807, 2.05) is 24.4 Å². The van der Waals surface area contributed by atoms with Gasteiger partial charge in [-0.25, -0.2) is 0 Å². The third-order valence-electron chi connectivity index (χ3n) is 3.99. The average molecular weight is 267 g/mol. The predicted molar refractivity (Wildman–Crippen MR) is 74.1 cm³/mol. The van der Waals surface area contributed by atoms with Gasteiger partial charge in [0, 0.05) is 29.1 Å². The molecule has 4 nitrogen and oxygen atoms in total. The van der Waals surface area contributed by atoms with E-state index >= 15 is 0 Å². The number of Topliss-reactive ketones (excluding diaryl/α,β-unsaturated/α-hetero) is 1. The third kappa shape index (κ3) is 1.58. The number of benzene rings is 1. The lowest BCUT2D eigenvalue weighted by Gasteiger charge is -2.21. The molecule has 20 heavy (non-hydrogen) atoms. The van der Waals surface area contributed by atoms with E-state index in [2.05, 4.69) is 4.98 Å². The molecule has 2 aromatic rings. The number of carbonyl (C=O) groups is 1. The molecular formula is C16H13NO3. The number of fused-ring (bicyclic) bond motifs is 4. The lowest BCUT2D eigenvalue weighted by molar-refractivity contribution is -0.0553. The van der Waals surface area contributed by atoms with E-state index in [1.165, 1.54) is 6.26 Å². The number of aliphatic hydroxyl groups excluding tert-OH is 1. The predicted octanol–water partition coefficient (Wildman–Crippen LogP) is 2.75. The second-order valence-corrected chi connectivity index (χ2v) is 5.22. The van der Waals surface area contributed by atoms with E-state index < -0.39 is 6.29 Å². The molecular weight excluding hydrogens is 254 g/mol. The zero-order valence-corrected chi connectivity index (χ0v) is 10.8. The van der Waals surface area contributed by atoms with Gasteiger partial charge < -0.3 is 9.84 Å². The van der Waals surface area contributed by atoms with Gasteiger partial charge in [-0.2, -0.15) is 0 Å². The van der Waals surface area contributed by atoms with E-state index in [9.17, 15) is 9.90 Å². The van der Waals surface area contributed by atoms with E-state index in [4.69, 9.17) is 4.74 Å². The summed E-state index contributed by atoms with van der Waals surface area (Å²) in [6, 6.07) is 3.81. The van der Waals surface area contributed by atoms with E-state index in [0.717, 1.165) is 40.4 Å². The molecule has 1 unspecified atom stereocenters. The molecule has 0 radical (unpaired) electrons. The van der Waals surface area contributed by atoms with Crippen LogP contribution in [0.15, 0.2) is 24.6 Å². The molecule has 1 N–H and O–H groups in total. The average Bonchev–Trinajstić information content (AvgIpc) is 2.46. The third-order valence-corrected chi connectivity index (χ3v) is 3.99. The van der Waals surface area contributed by atoms with Crippen LogP contribution in [0.4, 0.5) is 0 Å². The lowest BCUT2D eigenvalue weighted by Crippen LogP contribution is -2.14. The Hall–Kier alpha value is -2.20. The zero-order chi connectivity index (χ0) is 13.7. The molecule has 1 aliphatic heterocycles. The van der Waals surface area contributed by atoms with Crippen molar-refractivity contribution in [3.63, 3.8) is 0 Å². The fourth-order valence-corrected chi connectivity index (χ4v) is 3.00. The Morgan fingerprint density at radius 3 is 3.10 bits per heavy atom. The maximum absolute atomic E-state index is 12.2. The highest BCUT2D eigenvalue weighted by Crippen LogP contribution is 2.33. The van der Waals surface area contributed by atoms with Crippen molar-refractivity contribution in [2.45, 2.75) is 25.6 Å². The molecule has 4 rings (SSSR count). The highest BCUT2D eigenvalue weighted by atomic mass is 16.6. The van der Waals surface area contributed by atoms with Crippen LogP contribution in [0.1, 0.15) is 46.3 Å². The second kappa shape index (κ2) is 4.15. The Bertz CT molecular complexity index is 764. The summed E-state index contributed by atoms with van der Waals surface area (Å²) in [4.78, 5) is 16.6. The molecule has 1 aromatic carbocycles. The molecule has 2 aliphatic rings. The first-order valence-electron chi connectivity index (χ1n) is 6.73. The SMILES string of the molecule is O=C1CCCc2ncc3cc4c(cc3c21)C(O)OC=C4. The van der Waals surface area contributed by atoms with E-state index in [-0.39, 0.29) is 5.78 Å². The second-order valence-electron chi connectivity index (χ2n) is 5.22. The molecule has 0 saturated carbocycles. The summed E-state index contributed by atoms with van der Waals surface area (Å²) in [5.74, 6) is 0.144. The Balaban J connectivity index is 2.06.